The highest BCUT2D eigenvalue weighted by molar-refractivity contribution is 5.49. The number of benzene rings is 1. The maximum absolute atomic E-state index is 12.9. The van der Waals surface area contributed by atoms with Crippen molar-refractivity contribution in [3.05, 3.63) is 53.7 Å². The molecule has 1 saturated carbocycles. The van der Waals surface area contributed by atoms with Crippen LogP contribution in [0.2, 0.25) is 0 Å². The van der Waals surface area contributed by atoms with E-state index in [1.807, 2.05) is 12.1 Å². The first-order valence-corrected chi connectivity index (χ1v) is 12.4. The Kier molecular flexibility index (Phi) is 8.53. The van der Waals surface area contributed by atoms with Crippen LogP contribution >= 0.6 is 0 Å². The molecule has 35 heavy (non-hydrogen) atoms. The molecule has 2 fully saturated rings. The van der Waals surface area contributed by atoms with E-state index < -0.39 is 11.7 Å². The predicted octanol–water partition coefficient (Wildman–Crippen LogP) is 4.82. The predicted molar refractivity (Wildman–Crippen MR) is 132 cm³/mol. The van der Waals surface area contributed by atoms with Gasteiger partial charge in [-0.25, -0.2) is 4.98 Å². The van der Waals surface area contributed by atoms with Crippen molar-refractivity contribution in [2.45, 2.75) is 69.2 Å². The third kappa shape index (κ3) is 7.12. The highest BCUT2D eigenvalue weighted by Crippen LogP contribution is 2.31. The lowest BCUT2D eigenvalue weighted by atomic mass is 9.89. The molecule has 0 unspecified atom stereocenters. The second kappa shape index (κ2) is 11.8. The first kappa shape index (κ1) is 25.3. The number of alkyl halides is 3. The Morgan fingerprint density at radius 1 is 1.03 bits per heavy atom. The first-order valence-electron chi connectivity index (χ1n) is 12.4. The number of pyridine rings is 1. The summed E-state index contributed by atoms with van der Waals surface area (Å²) >= 11 is 0. The average molecular weight is 487 g/mol. The van der Waals surface area contributed by atoms with Crippen LogP contribution in [0.5, 0.6) is 0 Å². The Hall–Kier alpha value is -2.76. The summed E-state index contributed by atoms with van der Waals surface area (Å²) in [5.41, 5.74) is 1.10. The van der Waals surface area contributed by atoms with Crippen LogP contribution in [0.4, 0.5) is 24.7 Å². The fraction of sp³-hybridized carbons (Fsp3) is 0.519. The summed E-state index contributed by atoms with van der Waals surface area (Å²) in [5, 5.41) is 16.4. The standard InChI is InChI=1S/C27H33F3N4O/c28-27(29,30)21-10-12-23(13-11-21)34-16-5-7-22(19-34)32-24-8-1-2-9-25(24)33-26-18-20(14-15-31-26)6-3-4-17-35/h10-15,18,22,24-25,32,35H,1-2,4-5,7-9,16-17,19H2,(H,31,33)/t22-,24+,25+/m0/s1. The van der Waals surface area contributed by atoms with Crippen molar-refractivity contribution in [1.82, 2.24) is 10.3 Å². The van der Waals surface area contributed by atoms with E-state index in [1.165, 1.54) is 18.6 Å². The maximum Gasteiger partial charge on any atom is 0.416 e. The van der Waals surface area contributed by atoms with Gasteiger partial charge in [0.1, 0.15) is 5.82 Å². The molecule has 2 heterocycles. The van der Waals surface area contributed by atoms with Crippen molar-refractivity contribution in [2.75, 3.05) is 29.9 Å². The number of hydrogen-bond acceptors (Lipinski definition) is 5. The van der Waals surface area contributed by atoms with E-state index in [2.05, 4.69) is 32.4 Å². The van der Waals surface area contributed by atoms with E-state index in [1.54, 1.807) is 18.3 Å². The highest BCUT2D eigenvalue weighted by Gasteiger charge is 2.31. The van der Waals surface area contributed by atoms with E-state index in [0.29, 0.717) is 12.5 Å². The van der Waals surface area contributed by atoms with Gasteiger partial charge in [-0.2, -0.15) is 13.2 Å². The first-order chi connectivity index (χ1) is 16.9. The van der Waals surface area contributed by atoms with Gasteiger partial charge in [0.25, 0.3) is 0 Å². The summed E-state index contributed by atoms with van der Waals surface area (Å²) < 4.78 is 38.8. The summed E-state index contributed by atoms with van der Waals surface area (Å²) in [4.78, 5) is 6.66. The van der Waals surface area contributed by atoms with Gasteiger partial charge in [-0.05, 0) is 62.1 Å². The van der Waals surface area contributed by atoms with E-state index in [4.69, 9.17) is 5.11 Å². The number of aliphatic hydroxyl groups excluding tert-OH is 1. The third-order valence-corrected chi connectivity index (χ3v) is 6.76. The van der Waals surface area contributed by atoms with Crippen LogP contribution in [0.15, 0.2) is 42.6 Å². The zero-order valence-electron chi connectivity index (χ0n) is 19.8. The summed E-state index contributed by atoms with van der Waals surface area (Å²) in [6.07, 6.45) is 4.39. The van der Waals surface area contributed by atoms with Gasteiger partial charge >= 0.3 is 6.18 Å². The molecule has 0 radical (unpaired) electrons. The number of aliphatic hydroxyl groups is 1. The van der Waals surface area contributed by atoms with Crippen LogP contribution in [-0.2, 0) is 6.18 Å². The average Bonchev–Trinajstić information content (AvgIpc) is 2.85. The number of hydrogen-bond donors (Lipinski definition) is 3. The number of aromatic nitrogens is 1. The Labute approximate surface area is 205 Å². The lowest BCUT2D eigenvalue weighted by Crippen LogP contribution is -2.55. The Balaban J connectivity index is 1.37. The number of nitrogens with one attached hydrogen (secondary N) is 2. The molecule has 5 nitrogen and oxygen atoms in total. The van der Waals surface area contributed by atoms with Crippen LogP contribution in [0.25, 0.3) is 0 Å². The van der Waals surface area contributed by atoms with E-state index in [9.17, 15) is 13.2 Å². The quantitative estimate of drug-likeness (QED) is 0.512. The summed E-state index contributed by atoms with van der Waals surface area (Å²) in [5.74, 6) is 6.80. The molecule has 1 aromatic carbocycles. The van der Waals surface area contributed by atoms with Crippen LogP contribution in [0, 0.1) is 11.8 Å². The number of rotatable bonds is 6. The van der Waals surface area contributed by atoms with Gasteiger partial charge in [0, 0.05) is 55.1 Å². The monoisotopic (exact) mass is 486 g/mol. The molecule has 188 valence electrons. The van der Waals surface area contributed by atoms with Crippen LogP contribution in [0.3, 0.4) is 0 Å². The van der Waals surface area contributed by atoms with Gasteiger partial charge in [0.05, 0.1) is 12.2 Å². The Bertz CT molecular complexity index is 1020. The smallest absolute Gasteiger partial charge is 0.395 e. The molecule has 2 aliphatic rings. The van der Waals surface area contributed by atoms with Gasteiger partial charge in [-0.1, -0.05) is 24.7 Å². The molecular weight excluding hydrogens is 453 g/mol. The van der Waals surface area contributed by atoms with Crippen LogP contribution < -0.4 is 15.5 Å². The minimum absolute atomic E-state index is 0.0517. The van der Waals surface area contributed by atoms with Crippen molar-refractivity contribution in [1.29, 1.82) is 0 Å². The molecule has 3 atom stereocenters. The zero-order valence-corrected chi connectivity index (χ0v) is 19.8. The van der Waals surface area contributed by atoms with Crippen molar-refractivity contribution in [3.63, 3.8) is 0 Å². The van der Waals surface area contributed by atoms with Gasteiger partial charge < -0.3 is 20.6 Å². The molecule has 1 saturated heterocycles. The van der Waals surface area contributed by atoms with Crippen molar-refractivity contribution >= 4 is 11.5 Å². The normalized spacial score (nSPS) is 22.9. The SMILES string of the molecule is OCCC#Cc1ccnc(N[C@@H]2CCCC[C@H]2N[C@H]2CCCN(c3ccc(C(F)(F)F)cc3)C2)c1. The number of nitrogens with zero attached hydrogens (tertiary/aromatic N) is 2. The molecule has 0 amide bonds. The Morgan fingerprint density at radius 2 is 1.80 bits per heavy atom. The van der Waals surface area contributed by atoms with Gasteiger partial charge in [-0.15, -0.1) is 0 Å². The lowest BCUT2D eigenvalue weighted by Gasteiger charge is -2.40. The number of halogens is 3. The van der Waals surface area contributed by atoms with Crippen LogP contribution in [-0.4, -0.2) is 47.9 Å². The summed E-state index contributed by atoms with van der Waals surface area (Å²) in [6.45, 7) is 1.68. The fourth-order valence-corrected chi connectivity index (χ4v) is 5.01. The van der Waals surface area contributed by atoms with E-state index in [-0.39, 0.29) is 18.7 Å². The zero-order chi connectivity index (χ0) is 24.7. The third-order valence-electron chi connectivity index (χ3n) is 6.76. The molecule has 2 aromatic rings. The second-order valence-corrected chi connectivity index (χ2v) is 9.34. The van der Waals surface area contributed by atoms with Crippen molar-refractivity contribution < 1.29 is 18.3 Å². The van der Waals surface area contributed by atoms with Gasteiger partial charge in [0.2, 0.25) is 0 Å². The van der Waals surface area contributed by atoms with Crippen molar-refractivity contribution in [3.8, 4) is 11.8 Å². The second-order valence-electron chi connectivity index (χ2n) is 9.34. The fourth-order valence-electron chi connectivity index (χ4n) is 5.01. The largest absolute Gasteiger partial charge is 0.416 e. The molecule has 0 spiro atoms. The molecule has 0 bridgehead atoms. The van der Waals surface area contributed by atoms with Gasteiger partial charge in [-0.3, -0.25) is 0 Å². The molecule has 1 aliphatic heterocycles. The molecule has 8 heteroatoms. The highest BCUT2D eigenvalue weighted by atomic mass is 19.4. The minimum atomic E-state index is -4.31. The van der Waals surface area contributed by atoms with Gasteiger partial charge in [0.15, 0.2) is 0 Å². The van der Waals surface area contributed by atoms with Crippen molar-refractivity contribution in [2.24, 2.45) is 0 Å². The number of anilines is 2. The molecule has 4 rings (SSSR count). The molecule has 1 aliphatic carbocycles. The maximum atomic E-state index is 12.9. The van der Waals surface area contributed by atoms with E-state index in [0.717, 1.165) is 62.3 Å². The van der Waals surface area contributed by atoms with E-state index >= 15 is 0 Å². The molecule has 1 aromatic heterocycles. The minimum Gasteiger partial charge on any atom is -0.395 e. The Morgan fingerprint density at radius 3 is 2.54 bits per heavy atom. The topological polar surface area (TPSA) is 60.4 Å². The van der Waals surface area contributed by atoms with Crippen LogP contribution in [0.1, 0.15) is 56.1 Å². The molecular formula is C27H33F3N4O. The summed E-state index contributed by atoms with van der Waals surface area (Å²) in [7, 11) is 0. The summed E-state index contributed by atoms with van der Waals surface area (Å²) in [6, 6.07) is 10.1. The number of piperidine rings is 1. The molecule has 3 N–H and O–H groups in total. The lowest BCUT2D eigenvalue weighted by molar-refractivity contribution is -0.137.